The Morgan fingerprint density at radius 3 is 2.58 bits per heavy atom. The first kappa shape index (κ1) is 17.3. The number of hydrogen-bond donors (Lipinski definition) is 0. The van der Waals surface area contributed by atoms with Gasteiger partial charge in [0.05, 0.1) is 11.5 Å². The highest BCUT2D eigenvalue weighted by molar-refractivity contribution is 6.13. The fourth-order valence-electron chi connectivity index (χ4n) is 2.51. The summed E-state index contributed by atoms with van der Waals surface area (Å²) >= 11 is 0. The molecule has 1 aliphatic heterocycles. The van der Waals surface area contributed by atoms with E-state index in [4.69, 9.17) is 9.47 Å². The first-order chi connectivity index (χ1) is 12.5. The summed E-state index contributed by atoms with van der Waals surface area (Å²) in [7, 11) is 0. The Labute approximate surface area is 149 Å². The van der Waals surface area contributed by atoms with Gasteiger partial charge in [-0.25, -0.2) is 9.79 Å². The van der Waals surface area contributed by atoms with E-state index in [-0.39, 0.29) is 17.3 Å². The fourth-order valence-corrected chi connectivity index (χ4v) is 2.51. The monoisotopic (exact) mass is 352 g/mol. The number of cyclic esters (lactones) is 1. The lowest BCUT2D eigenvalue weighted by atomic mass is 10.1. The van der Waals surface area contributed by atoms with Crippen molar-refractivity contribution in [2.45, 2.75) is 13.8 Å². The predicted octanol–water partition coefficient (Wildman–Crippen LogP) is 3.65. The van der Waals surface area contributed by atoms with Crippen LogP contribution in [0.15, 0.2) is 53.2 Å². The number of hydrogen-bond acceptors (Lipinski definition) is 6. The SMILES string of the molecule is CCOc1ccc(/C=C2\N=C(c3ccc([N+](=O)[O-])c(C)c3)OC2=O)cc1. The van der Waals surface area contributed by atoms with E-state index in [9.17, 15) is 14.9 Å². The molecule has 1 heterocycles. The van der Waals surface area contributed by atoms with Gasteiger partial charge in [-0.3, -0.25) is 10.1 Å². The number of ether oxygens (including phenoxy) is 2. The van der Waals surface area contributed by atoms with Gasteiger partial charge in [0.2, 0.25) is 5.90 Å². The highest BCUT2D eigenvalue weighted by Crippen LogP contribution is 2.24. The maximum atomic E-state index is 12.1. The molecule has 0 saturated heterocycles. The second kappa shape index (κ2) is 7.18. The molecule has 0 unspecified atom stereocenters. The number of benzene rings is 2. The third kappa shape index (κ3) is 3.61. The van der Waals surface area contributed by atoms with Gasteiger partial charge in [0.1, 0.15) is 5.75 Å². The van der Waals surface area contributed by atoms with Crippen LogP contribution < -0.4 is 4.74 Å². The summed E-state index contributed by atoms with van der Waals surface area (Å²) < 4.78 is 10.6. The van der Waals surface area contributed by atoms with Crippen molar-refractivity contribution in [3.05, 3.63) is 75.0 Å². The van der Waals surface area contributed by atoms with Crippen LogP contribution >= 0.6 is 0 Å². The summed E-state index contributed by atoms with van der Waals surface area (Å²) in [5.74, 6) is 0.310. The Hall–Kier alpha value is -3.48. The van der Waals surface area contributed by atoms with Crippen LogP contribution in [0.25, 0.3) is 6.08 Å². The third-order valence-corrected chi connectivity index (χ3v) is 3.76. The molecule has 0 aliphatic carbocycles. The number of nitro benzene ring substituents is 1. The van der Waals surface area contributed by atoms with E-state index in [2.05, 4.69) is 4.99 Å². The van der Waals surface area contributed by atoms with Crippen molar-refractivity contribution < 1.29 is 19.2 Å². The van der Waals surface area contributed by atoms with Gasteiger partial charge < -0.3 is 9.47 Å². The molecule has 26 heavy (non-hydrogen) atoms. The number of aliphatic imine (C=N–C) groups is 1. The van der Waals surface area contributed by atoms with Crippen LogP contribution in [0.3, 0.4) is 0 Å². The highest BCUT2D eigenvalue weighted by Gasteiger charge is 2.25. The fraction of sp³-hybridized carbons (Fsp3) is 0.158. The number of esters is 1. The lowest BCUT2D eigenvalue weighted by molar-refractivity contribution is -0.385. The van der Waals surface area contributed by atoms with Gasteiger partial charge in [-0.05, 0) is 49.8 Å². The molecule has 3 rings (SSSR count). The molecule has 0 spiro atoms. The van der Waals surface area contributed by atoms with Crippen molar-refractivity contribution in [3.8, 4) is 5.75 Å². The smallest absolute Gasteiger partial charge is 0.363 e. The van der Waals surface area contributed by atoms with Gasteiger partial charge in [-0.15, -0.1) is 0 Å². The van der Waals surface area contributed by atoms with Crippen LogP contribution in [-0.4, -0.2) is 23.4 Å². The molecule has 2 aromatic rings. The van der Waals surface area contributed by atoms with Crippen molar-refractivity contribution in [1.29, 1.82) is 0 Å². The maximum absolute atomic E-state index is 12.1. The quantitative estimate of drug-likeness (QED) is 0.354. The summed E-state index contributed by atoms with van der Waals surface area (Å²) in [6.07, 6.45) is 1.61. The molecule has 7 heteroatoms. The first-order valence-electron chi connectivity index (χ1n) is 7.98. The van der Waals surface area contributed by atoms with E-state index in [1.807, 2.05) is 19.1 Å². The van der Waals surface area contributed by atoms with Gasteiger partial charge in [-0.2, -0.15) is 0 Å². The summed E-state index contributed by atoms with van der Waals surface area (Å²) in [4.78, 5) is 26.7. The molecule has 0 radical (unpaired) electrons. The summed E-state index contributed by atoms with van der Waals surface area (Å²) in [6, 6.07) is 11.7. The molecule has 2 aromatic carbocycles. The van der Waals surface area contributed by atoms with Crippen LogP contribution in [0, 0.1) is 17.0 Å². The predicted molar refractivity (Wildman–Crippen MR) is 96.1 cm³/mol. The van der Waals surface area contributed by atoms with E-state index in [1.54, 1.807) is 31.2 Å². The van der Waals surface area contributed by atoms with Crippen molar-refractivity contribution in [1.82, 2.24) is 0 Å². The number of carbonyl (C=O) groups is 1. The Bertz CT molecular complexity index is 929. The summed E-state index contributed by atoms with van der Waals surface area (Å²) in [5.41, 5.74) is 1.93. The molecule has 0 bridgehead atoms. The molecule has 0 amide bonds. The van der Waals surface area contributed by atoms with Crippen LogP contribution in [0.5, 0.6) is 5.75 Å². The maximum Gasteiger partial charge on any atom is 0.363 e. The molecule has 0 N–H and O–H groups in total. The highest BCUT2D eigenvalue weighted by atomic mass is 16.6. The van der Waals surface area contributed by atoms with Crippen LogP contribution in [0.1, 0.15) is 23.6 Å². The largest absolute Gasteiger partial charge is 0.494 e. The number of rotatable bonds is 5. The van der Waals surface area contributed by atoms with E-state index in [0.29, 0.717) is 17.7 Å². The van der Waals surface area contributed by atoms with Gasteiger partial charge in [-0.1, -0.05) is 12.1 Å². The normalized spacial score (nSPS) is 14.9. The Morgan fingerprint density at radius 1 is 1.23 bits per heavy atom. The lowest BCUT2D eigenvalue weighted by Crippen LogP contribution is -2.06. The second-order valence-corrected chi connectivity index (χ2v) is 5.60. The zero-order valence-corrected chi connectivity index (χ0v) is 14.3. The molecule has 0 fully saturated rings. The minimum Gasteiger partial charge on any atom is -0.494 e. The van der Waals surface area contributed by atoms with Crippen LogP contribution in [0.4, 0.5) is 5.69 Å². The average Bonchev–Trinajstić information content (AvgIpc) is 2.97. The molecule has 0 atom stereocenters. The number of carbonyl (C=O) groups excluding carboxylic acids is 1. The first-order valence-corrected chi connectivity index (χ1v) is 7.98. The van der Waals surface area contributed by atoms with Crippen LogP contribution in [0.2, 0.25) is 0 Å². The molecule has 1 aliphatic rings. The summed E-state index contributed by atoms with van der Waals surface area (Å²) in [6.45, 7) is 4.10. The lowest BCUT2D eigenvalue weighted by Gasteiger charge is -2.02. The van der Waals surface area contributed by atoms with Crippen LogP contribution in [-0.2, 0) is 9.53 Å². The number of nitro groups is 1. The Morgan fingerprint density at radius 2 is 1.96 bits per heavy atom. The Balaban J connectivity index is 1.86. The number of nitrogens with zero attached hydrogens (tertiary/aromatic N) is 2. The minimum absolute atomic E-state index is 0.00354. The molecule has 0 aromatic heterocycles. The van der Waals surface area contributed by atoms with Gasteiger partial charge >= 0.3 is 5.97 Å². The molecule has 0 saturated carbocycles. The zero-order valence-electron chi connectivity index (χ0n) is 14.3. The van der Waals surface area contributed by atoms with Crippen molar-refractivity contribution in [2.24, 2.45) is 4.99 Å². The summed E-state index contributed by atoms with van der Waals surface area (Å²) in [5, 5.41) is 10.9. The van der Waals surface area contributed by atoms with Crippen molar-refractivity contribution in [2.75, 3.05) is 6.61 Å². The molecule has 132 valence electrons. The van der Waals surface area contributed by atoms with Gasteiger partial charge in [0.25, 0.3) is 5.69 Å². The Kier molecular flexibility index (Phi) is 4.79. The number of aryl methyl sites for hydroxylation is 1. The third-order valence-electron chi connectivity index (χ3n) is 3.76. The van der Waals surface area contributed by atoms with Crippen molar-refractivity contribution >= 4 is 23.6 Å². The second-order valence-electron chi connectivity index (χ2n) is 5.60. The van der Waals surface area contributed by atoms with Gasteiger partial charge in [0, 0.05) is 17.2 Å². The minimum atomic E-state index is -0.565. The molecular formula is C19H16N2O5. The van der Waals surface area contributed by atoms with E-state index in [0.717, 1.165) is 11.3 Å². The van der Waals surface area contributed by atoms with E-state index in [1.165, 1.54) is 12.1 Å². The topological polar surface area (TPSA) is 91.0 Å². The molecule has 7 nitrogen and oxygen atoms in total. The molecular weight excluding hydrogens is 336 g/mol. The van der Waals surface area contributed by atoms with Crippen molar-refractivity contribution in [3.63, 3.8) is 0 Å². The van der Waals surface area contributed by atoms with E-state index >= 15 is 0 Å². The average molecular weight is 352 g/mol. The van der Waals surface area contributed by atoms with E-state index < -0.39 is 10.9 Å². The standard InChI is InChI=1S/C19H16N2O5/c1-3-25-15-7-4-13(5-8-15)11-16-19(22)26-18(20-16)14-6-9-17(21(23)24)12(2)10-14/h4-11H,3H2,1-2H3/b16-11-. The zero-order chi connectivity index (χ0) is 18.7. The van der Waals surface area contributed by atoms with Gasteiger partial charge in [0.15, 0.2) is 5.70 Å².